The molecule has 11 heteroatoms. The maximum absolute atomic E-state index is 12.8. The third-order valence-electron chi connectivity index (χ3n) is 2.15. The van der Waals surface area contributed by atoms with Crippen LogP contribution in [0.1, 0.15) is 22.6 Å². The van der Waals surface area contributed by atoms with Gasteiger partial charge in [-0.25, -0.2) is 23.2 Å². The molecule has 0 aliphatic carbocycles. The van der Waals surface area contributed by atoms with Gasteiger partial charge in [0.05, 0.1) is 0 Å². The maximum Gasteiger partial charge on any atom is 0.358 e. The SMILES string of the molecule is O=C(Cn1nnc(C(=O)O)c1C(F)F)Nc1nccs1. The Hall–Kier alpha value is -2.43. The molecule has 2 rings (SSSR count). The lowest BCUT2D eigenvalue weighted by Crippen LogP contribution is -2.21. The van der Waals surface area contributed by atoms with E-state index in [2.05, 4.69) is 20.6 Å². The van der Waals surface area contributed by atoms with Gasteiger partial charge in [0.2, 0.25) is 5.91 Å². The van der Waals surface area contributed by atoms with Gasteiger partial charge in [0.25, 0.3) is 6.43 Å². The Morgan fingerprint density at radius 3 is 2.80 bits per heavy atom. The minimum absolute atomic E-state index is 0.298. The highest BCUT2D eigenvalue weighted by molar-refractivity contribution is 7.13. The number of carbonyl (C=O) groups is 2. The number of thiazole rings is 1. The third kappa shape index (κ3) is 2.93. The number of hydrogen-bond acceptors (Lipinski definition) is 6. The number of nitrogens with zero attached hydrogens (tertiary/aromatic N) is 4. The third-order valence-corrected chi connectivity index (χ3v) is 2.84. The first kappa shape index (κ1) is 14.0. The molecule has 0 aliphatic rings. The molecule has 0 bridgehead atoms. The molecule has 2 heterocycles. The Balaban J connectivity index is 2.17. The number of carboxylic acids is 1. The second kappa shape index (κ2) is 5.69. The van der Waals surface area contributed by atoms with Crippen LogP contribution in [-0.2, 0) is 11.3 Å². The van der Waals surface area contributed by atoms with E-state index in [9.17, 15) is 18.4 Å². The lowest BCUT2D eigenvalue weighted by molar-refractivity contribution is -0.117. The van der Waals surface area contributed by atoms with E-state index in [4.69, 9.17) is 5.11 Å². The van der Waals surface area contributed by atoms with Crippen LogP contribution in [0.2, 0.25) is 0 Å². The molecule has 0 radical (unpaired) electrons. The molecular formula is C9H7F2N5O3S. The number of hydrogen-bond donors (Lipinski definition) is 2. The zero-order valence-electron chi connectivity index (χ0n) is 9.66. The lowest BCUT2D eigenvalue weighted by atomic mass is 10.3. The number of amides is 1. The van der Waals surface area contributed by atoms with Crippen LogP contribution in [0.3, 0.4) is 0 Å². The number of nitrogens with one attached hydrogen (secondary N) is 1. The van der Waals surface area contributed by atoms with Crippen LogP contribution in [0.5, 0.6) is 0 Å². The van der Waals surface area contributed by atoms with Crippen molar-refractivity contribution >= 4 is 28.3 Å². The fourth-order valence-electron chi connectivity index (χ4n) is 1.39. The lowest BCUT2D eigenvalue weighted by Gasteiger charge is -2.05. The number of anilines is 1. The normalized spacial score (nSPS) is 10.8. The predicted molar refractivity (Wildman–Crippen MR) is 62.7 cm³/mol. The van der Waals surface area contributed by atoms with E-state index in [0.717, 1.165) is 11.3 Å². The highest BCUT2D eigenvalue weighted by atomic mass is 32.1. The van der Waals surface area contributed by atoms with Crippen molar-refractivity contribution in [1.82, 2.24) is 20.0 Å². The first-order chi connectivity index (χ1) is 9.49. The molecule has 0 fully saturated rings. The molecule has 2 aromatic heterocycles. The summed E-state index contributed by atoms with van der Waals surface area (Å²) in [5.41, 5.74) is -1.78. The summed E-state index contributed by atoms with van der Waals surface area (Å²) in [6.07, 6.45) is -1.65. The molecule has 0 saturated heterocycles. The average molecular weight is 303 g/mol. The van der Waals surface area contributed by atoms with Crippen molar-refractivity contribution in [3.63, 3.8) is 0 Å². The van der Waals surface area contributed by atoms with Crippen molar-refractivity contribution in [3.05, 3.63) is 23.0 Å². The molecule has 0 aliphatic heterocycles. The summed E-state index contributed by atoms with van der Waals surface area (Å²) < 4.78 is 26.2. The molecule has 0 unspecified atom stereocenters. The fraction of sp³-hybridized carbons (Fsp3) is 0.222. The van der Waals surface area contributed by atoms with Gasteiger partial charge in [0.1, 0.15) is 12.2 Å². The maximum atomic E-state index is 12.8. The summed E-state index contributed by atoms with van der Waals surface area (Å²) in [5, 5.41) is 19.4. The van der Waals surface area contributed by atoms with E-state index in [-0.39, 0.29) is 0 Å². The highest BCUT2D eigenvalue weighted by Crippen LogP contribution is 2.21. The standard InChI is InChI=1S/C9H7F2N5O3S/c10-7(11)6-5(8(18)19)14-15-16(6)3-4(17)13-9-12-1-2-20-9/h1-2,7H,3H2,(H,18,19)(H,12,13,17). The molecule has 2 N–H and O–H groups in total. The largest absolute Gasteiger partial charge is 0.476 e. The number of halogens is 2. The molecule has 20 heavy (non-hydrogen) atoms. The molecule has 0 aromatic carbocycles. The van der Waals surface area contributed by atoms with E-state index in [1.165, 1.54) is 6.20 Å². The molecule has 0 saturated carbocycles. The van der Waals surface area contributed by atoms with Crippen molar-refractivity contribution < 1.29 is 23.5 Å². The van der Waals surface area contributed by atoms with Gasteiger partial charge in [0.15, 0.2) is 10.8 Å². The number of aromatic carboxylic acids is 1. The van der Waals surface area contributed by atoms with Crippen molar-refractivity contribution in [2.45, 2.75) is 13.0 Å². The smallest absolute Gasteiger partial charge is 0.358 e. The zero-order chi connectivity index (χ0) is 14.7. The van der Waals surface area contributed by atoms with E-state index in [1.807, 2.05) is 0 Å². The number of aromatic nitrogens is 4. The van der Waals surface area contributed by atoms with Crippen LogP contribution < -0.4 is 5.32 Å². The van der Waals surface area contributed by atoms with Crippen molar-refractivity contribution in [2.24, 2.45) is 0 Å². The summed E-state index contributed by atoms with van der Waals surface area (Å²) in [4.78, 5) is 26.1. The topological polar surface area (TPSA) is 110 Å². The van der Waals surface area contributed by atoms with Gasteiger partial charge in [-0.2, -0.15) is 0 Å². The second-order valence-corrected chi connectivity index (χ2v) is 4.37. The molecule has 0 atom stereocenters. The Bertz CT molecular complexity index is 628. The predicted octanol–water partition coefficient (Wildman–Crippen LogP) is 1.01. The van der Waals surface area contributed by atoms with Gasteiger partial charge in [-0.3, -0.25) is 4.79 Å². The van der Waals surface area contributed by atoms with Gasteiger partial charge in [-0.15, -0.1) is 16.4 Å². The molecule has 1 amide bonds. The Kier molecular flexibility index (Phi) is 3.98. The fourth-order valence-corrected chi connectivity index (χ4v) is 1.93. The number of carbonyl (C=O) groups excluding carboxylic acids is 1. The monoisotopic (exact) mass is 303 g/mol. The molecule has 106 valence electrons. The van der Waals surface area contributed by atoms with E-state index in [1.54, 1.807) is 5.38 Å². The Morgan fingerprint density at radius 2 is 2.25 bits per heavy atom. The zero-order valence-corrected chi connectivity index (χ0v) is 10.5. The van der Waals surface area contributed by atoms with Crippen LogP contribution in [-0.4, -0.2) is 37.0 Å². The van der Waals surface area contributed by atoms with Gasteiger partial charge in [-0.05, 0) is 0 Å². The summed E-state index contributed by atoms with van der Waals surface area (Å²) in [6, 6.07) is 0. The minimum Gasteiger partial charge on any atom is -0.476 e. The Morgan fingerprint density at radius 1 is 1.50 bits per heavy atom. The first-order valence-electron chi connectivity index (χ1n) is 5.13. The van der Waals surface area contributed by atoms with Gasteiger partial charge in [0, 0.05) is 11.6 Å². The Labute approximate surface area is 114 Å². The quantitative estimate of drug-likeness (QED) is 0.853. The summed E-state index contributed by atoms with van der Waals surface area (Å²) in [5.74, 6) is -2.30. The number of carboxylic acid groups (broad SMARTS) is 1. The molecule has 0 spiro atoms. The van der Waals surface area contributed by atoms with E-state index in [0.29, 0.717) is 9.81 Å². The van der Waals surface area contributed by atoms with Crippen molar-refractivity contribution in [1.29, 1.82) is 0 Å². The second-order valence-electron chi connectivity index (χ2n) is 3.47. The van der Waals surface area contributed by atoms with Crippen LogP contribution in [0.25, 0.3) is 0 Å². The van der Waals surface area contributed by atoms with Crippen LogP contribution in [0, 0.1) is 0 Å². The summed E-state index contributed by atoms with van der Waals surface area (Å²) >= 11 is 1.15. The summed E-state index contributed by atoms with van der Waals surface area (Å²) in [6.45, 7) is -0.584. The minimum atomic E-state index is -3.11. The number of rotatable bonds is 5. The molecular weight excluding hydrogens is 296 g/mol. The number of alkyl halides is 2. The van der Waals surface area contributed by atoms with Crippen LogP contribution in [0.4, 0.5) is 13.9 Å². The van der Waals surface area contributed by atoms with Gasteiger partial charge in [-0.1, -0.05) is 5.21 Å². The van der Waals surface area contributed by atoms with E-state index < -0.39 is 36.2 Å². The molecule has 2 aromatic rings. The van der Waals surface area contributed by atoms with E-state index >= 15 is 0 Å². The molecule has 8 nitrogen and oxygen atoms in total. The first-order valence-corrected chi connectivity index (χ1v) is 6.01. The van der Waals surface area contributed by atoms with Crippen LogP contribution in [0.15, 0.2) is 11.6 Å². The highest BCUT2D eigenvalue weighted by Gasteiger charge is 2.27. The van der Waals surface area contributed by atoms with Gasteiger partial charge >= 0.3 is 5.97 Å². The average Bonchev–Trinajstić information content (AvgIpc) is 2.97. The van der Waals surface area contributed by atoms with Gasteiger partial charge < -0.3 is 10.4 Å². The summed E-state index contributed by atoms with van der Waals surface area (Å²) in [7, 11) is 0. The van der Waals surface area contributed by atoms with Crippen LogP contribution >= 0.6 is 11.3 Å². The van der Waals surface area contributed by atoms with Crippen molar-refractivity contribution in [2.75, 3.05) is 5.32 Å². The van der Waals surface area contributed by atoms with Crippen molar-refractivity contribution in [3.8, 4) is 0 Å².